The van der Waals surface area contributed by atoms with E-state index in [0.717, 1.165) is 11.1 Å². The minimum Gasteiger partial charge on any atom is -0.455 e. The van der Waals surface area contributed by atoms with E-state index in [0.29, 0.717) is 23.7 Å². The molecule has 0 bridgehead atoms. The average molecular weight is 426 g/mol. The summed E-state index contributed by atoms with van der Waals surface area (Å²) in [4.78, 5) is 31.7. The summed E-state index contributed by atoms with van der Waals surface area (Å²) in [7, 11) is 1.71. The maximum Gasteiger partial charge on any atom is 0.339 e. The van der Waals surface area contributed by atoms with Crippen LogP contribution >= 0.6 is 0 Å². The molecule has 0 aliphatic heterocycles. The first-order valence-corrected chi connectivity index (χ1v) is 10.2. The highest BCUT2D eigenvalue weighted by Crippen LogP contribution is 2.19. The van der Waals surface area contributed by atoms with Gasteiger partial charge < -0.3 is 14.1 Å². The lowest BCUT2D eigenvalue weighted by Crippen LogP contribution is -2.28. The second-order valence-electron chi connectivity index (χ2n) is 7.28. The van der Waals surface area contributed by atoms with Gasteiger partial charge in [0.15, 0.2) is 0 Å². The van der Waals surface area contributed by atoms with Crippen LogP contribution in [0.5, 0.6) is 0 Å². The van der Waals surface area contributed by atoms with E-state index < -0.39 is 5.97 Å². The normalized spacial score (nSPS) is 10.5. The molecule has 32 heavy (non-hydrogen) atoms. The molecule has 0 radical (unpaired) electrons. The molecule has 0 saturated heterocycles. The number of hydrogen-bond donors (Lipinski definition) is 0. The Labute approximate surface area is 186 Å². The van der Waals surface area contributed by atoms with Gasteiger partial charge in [-0.2, -0.15) is 0 Å². The van der Waals surface area contributed by atoms with Gasteiger partial charge >= 0.3 is 5.97 Å². The van der Waals surface area contributed by atoms with Gasteiger partial charge in [0.1, 0.15) is 18.6 Å². The summed E-state index contributed by atoms with van der Waals surface area (Å²) in [5, 5.41) is 0. The largest absolute Gasteiger partial charge is 0.455 e. The fourth-order valence-electron chi connectivity index (χ4n) is 3.29. The van der Waals surface area contributed by atoms with Crippen LogP contribution in [0.2, 0.25) is 0 Å². The number of esters is 1. The molecule has 160 valence electrons. The number of nitrogens with zero attached hydrogens (tertiary/aromatic N) is 2. The molecular formula is C26H22N2O4. The van der Waals surface area contributed by atoms with E-state index in [2.05, 4.69) is 4.98 Å². The summed E-state index contributed by atoms with van der Waals surface area (Å²) in [5.41, 5.74) is 2.83. The summed E-state index contributed by atoms with van der Waals surface area (Å²) in [6, 6.07) is 25.8. The van der Waals surface area contributed by atoms with Crippen LogP contribution in [-0.2, 0) is 17.9 Å². The van der Waals surface area contributed by atoms with Crippen molar-refractivity contribution in [3.05, 3.63) is 114 Å². The molecule has 0 aliphatic carbocycles. The zero-order chi connectivity index (χ0) is 22.3. The number of aromatic nitrogens is 1. The van der Waals surface area contributed by atoms with Gasteiger partial charge in [-0.1, -0.05) is 60.7 Å². The molecule has 0 fully saturated rings. The second kappa shape index (κ2) is 9.75. The first-order valence-electron chi connectivity index (χ1n) is 10.2. The van der Waals surface area contributed by atoms with Crippen molar-refractivity contribution in [3.63, 3.8) is 0 Å². The Balaban J connectivity index is 1.43. The van der Waals surface area contributed by atoms with E-state index in [4.69, 9.17) is 9.15 Å². The maximum atomic E-state index is 13.0. The fraction of sp³-hybridized carbons (Fsp3) is 0.115. The predicted octanol–water partition coefficient (Wildman–Crippen LogP) is 4.97. The summed E-state index contributed by atoms with van der Waals surface area (Å²) in [6.07, 6.45) is 1.46. The van der Waals surface area contributed by atoms with Crippen molar-refractivity contribution in [3.8, 4) is 11.5 Å². The molecule has 1 aromatic heterocycles. The smallest absolute Gasteiger partial charge is 0.339 e. The minimum atomic E-state index is -0.591. The molecule has 1 heterocycles. The van der Waals surface area contributed by atoms with E-state index in [-0.39, 0.29) is 18.1 Å². The van der Waals surface area contributed by atoms with Gasteiger partial charge in [-0.25, -0.2) is 9.78 Å². The zero-order valence-electron chi connectivity index (χ0n) is 17.6. The van der Waals surface area contributed by atoms with Crippen molar-refractivity contribution < 1.29 is 18.7 Å². The summed E-state index contributed by atoms with van der Waals surface area (Å²) >= 11 is 0. The van der Waals surface area contributed by atoms with Crippen molar-refractivity contribution in [2.45, 2.75) is 13.2 Å². The molecule has 4 aromatic rings. The van der Waals surface area contributed by atoms with Crippen LogP contribution in [0.15, 0.2) is 95.6 Å². The quantitative estimate of drug-likeness (QED) is 0.390. The van der Waals surface area contributed by atoms with Gasteiger partial charge in [0, 0.05) is 19.2 Å². The monoisotopic (exact) mass is 426 g/mol. The number of benzene rings is 3. The van der Waals surface area contributed by atoms with Crippen molar-refractivity contribution in [2.75, 3.05) is 7.05 Å². The Hall–Kier alpha value is -4.19. The molecule has 1 amide bonds. The van der Waals surface area contributed by atoms with E-state index in [1.165, 1.54) is 6.26 Å². The third kappa shape index (κ3) is 4.92. The van der Waals surface area contributed by atoms with Gasteiger partial charge in [-0.15, -0.1) is 0 Å². The van der Waals surface area contributed by atoms with Crippen molar-refractivity contribution in [1.82, 2.24) is 9.88 Å². The number of carbonyl (C=O) groups excluding carboxylic acids is 2. The van der Waals surface area contributed by atoms with Gasteiger partial charge in [-0.05, 0) is 29.8 Å². The molecule has 0 spiro atoms. The fourth-order valence-corrected chi connectivity index (χ4v) is 3.29. The van der Waals surface area contributed by atoms with Crippen LogP contribution in [-0.4, -0.2) is 28.8 Å². The molecule has 6 nitrogen and oxygen atoms in total. The molecule has 6 heteroatoms. The third-order valence-electron chi connectivity index (χ3n) is 4.91. The van der Waals surface area contributed by atoms with E-state index in [9.17, 15) is 9.59 Å². The molecule has 0 N–H and O–H groups in total. The van der Waals surface area contributed by atoms with Crippen LogP contribution in [0, 0.1) is 0 Å². The van der Waals surface area contributed by atoms with Crippen LogP contribution in [0.25, 0.3) is 11.5 Å². The van der Waals surface area contributed by atoms with Gasteiger partial charge in [0.2, 0.25) is 5.89 Å². The van der Waals surface area contributed by atoms with E-state index in [1.54, 1.807) is 36.2 Å². The molecule has 3 aromatic carbocycles. The lowest BCUT2D eigenvalue weighted by molar-refractivity contribution is 0.0462. The number of hydrogen-bond acceptors (Lipinski definition) is 5. The Morgan fingerprint density at radius 2 is 1.50 bits per heavy atom. The highest BCUT2D eigenvalue weighted by atomic mass is 16.5. The standard InChI is InChI=1S/C26H22N2O4/c1-28(16-19-10-4-2-5-11-19)25(29)22-14-8-9-15-23(22)26(30)32-18-21-17-31-24(27-21)20-12-6-3-7-13-20/h2-15,17H,16,18H2,1H3. The van der Waals surface area contributed by atoms with Gasteiger partial charge in [-0.3, -0.25) is 4.79 Å². The van der Waals surface area contributed by atoms with E-state index in [1.807, 2.05) is 60.7 Å². The molecule has 0 saturated carbocycles. The van der Waals surface area contributed by atoms with Crippen LogP contribution in [0.1, 0.15) is 32.0 Å². The molecular weight excluding hydrogens is 404 g/mol. The number of oxazole rings is 1. The summed E-state index contributed by atoms with van der Waals surface area (Å²) in [6.45, 7) is 0.377. The minimum absolute atomic E-state index is 0.0580. The maximum absolute atomic E-state index is 13.0. The summed E-state index contributed by atoms with van der Waals surface area (Å²) < 4.78 is 10.9. The lowest BCUT2D eigenvalue weighted by Gasteiger charge is -2.19. The van der Waals surface area contributed by atoms with Crippen LogP contribution in [0.4, 0.5) is 0 Å². The SMILES string of the molecule is CN(Cc1ccccc1)C(=O)c1ccccc1C(=O)OCc1coc(-c2ccccc2)n1. The Morgan fingerprint density at radius 3 is 2.22 bits per heavy atom. The lowest BCUT2D eigenvalue weighted by atomic mass is 10.1. The van der Waals surface area contributed by atoms with Crippen LogP contribution in [0.3, 0.4) is 0 Å². The summed E-state index contributed by atoms with van der Waals surface area (Å²) in [5.74, 6) is -0.393. The first-order chi connectivity index (χ1) is 15.6. The highest BCUT2D eigenvalue weighted by Gasteiger charge is 2.21. The Bertz CT molecular complexity index is 1200. The van der Waals surface area contributed by atoms with Crippen molar-refractivity contribution in [2.24, 2.45) is 0 Å². The Kier molecular flexibility index (Phi) is 6.41. The van der Waals surface area contributed by atoms with E-state index >= 15 is 0 Å². The van der Waals surface area contributed by atoms with Crippen LogP contribution < -0.4 is 0 Å². The third-order valence-corrected chi connectivity index (χ3v) is 4.91. The number of ether oxygens (including phenoxy) is 1. The Morgan fingerprint density at radius 1 is 0.875 bits per heavy atom. The number of carbonyl (C=O) groups is 2. The molecule has 0 aliphatic rings. The highest BCUT2D eigenvalue weighted by molar-refractivity contribution is 6.05. The zero-order valence-corrected chi connectivity index (χ0v) is 17.6. The van der Waals surface area contributed by atoms with Gasteiger partial charge in [0.25, 0.3) is 5.91 Å². The van der Waals surface area contributed by atoms with Crippen molar-refractivity contribution >= 4 is 11.9 Å². The average Bonchev–Trinajstić information content (AvgIpc) is 3.32. The predicted molar refractivity (Wildman–Crippen MR) is 120 cm³/mol. The molecule has 0 unspecified atom stereocenters. The number of rotatable bonds is 7. The molecule has 0 atom stereocenters. The first kappa shape index (κ1) is 21.1. The molecule has 4 rings (SSSR count). The number of amides is 1. The second-order valence-corrected chi connectivity index (χ2v) is 7.28. The van der Waals surface area contributed by atoms with Crippen molar-refractivity contribution in [1.29, 1.82) is 0 Å². The topological polar surface area (TPSA) is 72.6 Å². The van der Waals surface area contributed by atoms with Gasteiger partial charge in [0.05, 0.1) is 11.1 Å².